The number of imide groups is 1. The summed E-state index contributed by atoms with van der Waals surface area (Å²) in [4.78, 5) is 50.9. The van der Waals surface area contributed by atoms with Crippen LogP contribution in [0, 0.1) is 0 Å². The highest BCUT2D eigenvalue weighted by Crippen LogP contribution is 2.30. The van der Waals surface area contributed by atoms with Gasteiger partial charge in [0.1, 0.15) is 16.5 Å². The van der Waals surface area contributed by atoms with Crippen LogP contribution in [-0.2, 0) is 25.5 Å². The number of ether oxygens (including phenoxy) is 2. The van der Waals surface area contributed by atoms with Crippen LogP contribution in [0.15, 0.2) is 83.5 Å². The number of esters is 1. The number of nitrogens with zero attached hydrogens (tertiary/aromatic N) is 1. The molecule has 0 saturated carbocycles. The highest BCUT2D eigenvalue weighted by Gasteiger charge is 2.39. The molecular weight excluding hydrogens is 498 g/mol. The topological polar surface area (TPSA) is 114 Å². The molecule has 188 valence electrons. The summed E-state index contributed by atoms with van der Waals surface area (Å²) in [6.07, 6.45) is 0.128. The summed E-state index contributed by atoms with van der Waals surface area (Å²) in [5.74, 6) is -1.56. The number of carbonyl (C=O) groups excluding carboxylic acids is 4. The van der Waals surface area contributed by atoms with E-state index in [9.17, 15) is 19.2 Å². The first-order valence-electron chi connectivity index (χ1n) is 11.1. The largest absolute Gasteiger partial charge is 0.497 e. The summed E-state index contributed by atoms with van der Waals surface area (Å²) in [7, 11) is 2.79. The van der Waals surface area contributed by atoms with Crippen molar-refractivity contribution in [2.45, 2.75) is 6.42 Å². The molecule has 37 heavy (non-hydrogen) atoms. The highest BCUT2D eigenvalue weighted by molar-refractivity contribution is 6.53. The first-order chi connectivity index (χ1) is 17.8. The van der Waals surface area contributed by atoms with Crippen LogP contribution >= 0.6 is 11.6 Å². The van der Waals surface area contributed by atoms with Gasteiger partial charge in [-0.05, 0) is 48.0 Å². The minimum atomic E-state index is -0.720. The van der Waals surface area contributed by atoms with Crippen molar-refractivity contribution in [3.8, 4) is 5.75 Å². The van der Waals surface area contributed by atoms with E-state index >= 15 is 0 Å². The van der Waals surface area contributed by atoms with E-state index in [-0.39, 0.29) is 34.3 Å². The third kappa shape index (κ3) is 5.62. The third-order valence-electron chi connectivity index (χ3n) is 5.49. The van der Waals surface area contributed by atoms with Crippen LogP contribution < -0.4 is 20.3 Å². The maximum absolute atomic E-state index is 13.0. The SMILES string of the molecule is COC(=O)c1cccc(N2C(=O)C(Cl)=C(Nc3ccc(CC(=O)Nc4cccc(OC)c4)cc3)C2=O)c1. The molecule has 1 aliphatic rings. The van der Waals surface area contributed by atoms with Crippen LogP contribution in [0.4, 0.5) is 17.1 Å². The van der Waals surface area contributed by atoms with Gasteiger partial charge >= 0.3 is 5.97 Å². The van der Waals surface area contributed by atoms with E-state index < -0.39 is 17.8 Å². The van der Waals surface area contributed by atoms with E-state index in [0.717, 1.165) is 10.5 Å². The summed E-state index contributed by atoms with van der Waals surface area (Å²) in [5.41, 5.74) is 2.13. The van der Waals surface area contributed by atoms with Crippen molar-refractivity contribution < 1.29 is 28.7 Å². The molecule has 2 N–H and O–H groups in total. The van der Waals surface area contributed by atoms with Gasteiger partial charge in [-0.25, -0.2) is 9.69 Å². The average molecular weight is 520 g/mol. The summed E-state index contributed by atoms with van der Waals surface area (Å²) >= 11 is 6.20. The van der Waals surface area contributed by atoms with Gasteiger partial charge in [0.15, 0.2) is 0 Å². The first-order valence-corrected chi connectivity index (χ1v) is 11.5. The number of carbonyl (C=O) groups is 4. The zero-order valence-electron chi connectivity index (χ0n) is 19.9. The van der Waals surface area contributed by atoms with Gasteiger partial charge in [0.25, 0.3) is 11.8 Å². The lowest BCUT2D eigenvalue weighted by atomic mass is 10.1. The van der Waals surface area contributed by atoms with Crippen molar-refractivity contribution in [2.75, 3.05) is 29.8 Å². The quantitative estimate of drug-likeness (QED) is 0.340. The maximum Gasteiger partial charge on any atom is 0.337 e. The Bertz CT molecular complexity index is 1420. The van der Waals surface area contributed by atoms with E-state index in [2.05, 4.69) is 10.6 Å². The zero-order valence-corrected chi connectivity index (χ0v) is 20.7. The summed E-state index contributed by atoms with van der Waals surface area (Å²) in [6, 6.07) is 19.8. The van der Waals surface area contributed by atoms with E-state index in [1.54, 1.807) is 55.6 Å². The molecule has 1 heterocycles. The van der Waals surface area contributed by atoms with Crippen LogP contribution in [-0.4, -0.2) is 37.9 Å². The van der Waals surface area contributed by atoms with Gasteiger partial charge in [-0.1, -0.05) is 35.9 Å². The molecule has 10 heteroatoms. The third-order valence-corrected chi connectivity index (χ3v) is 5.84. The van der Waals surface area contributed by atoms with Gasteiger partial charge in [0.05, 0.1) is 31.9 Å². The number of rotatable bonds is 8. The van der Waals surface area contributed by atoms with Crippen molar-refractivity contribution >= 4 is 52.4 Å². The molecule has 0 saturated heterocycles. The number of methoxy groups -OCH3 is 2. The molecule has 4 rings (SSSR count). The lowest BCUT2D eigenvalue weighted by Crippen LogP contribution is -2.32. The van der Waals surface area contributed by atoms with Crippen LogP contribution in [0.25, 0.3) is 0 Å². The predicted molar refractivity (Wildman–Crippen MR) is 139 cm³/mol. The fourth-order valence-electron chi connectivity index (χ4n) is 3.68. The Morgan fingerprint density at radius 1 is 0.892 bits per heavy atom. The van der Waals surface area contributed by atoms with E-state index in [4.69, 9.17) is 21.1 Å². The molecule has 0 radical (unpaired) electrons. The van der Waals surface area contributed by atoms with Crippen LogP contribution in [0.5, 0.6) is 5.75 Å². The molecule has 9 nitrogen and oxygen atoms in total. The van der Waals surface area contributed by atoms with Crippen LogP contribution in [0.3, 0.4) is 0 Å². The fraction of sp³-hybridized carbons (Fsp3) is 0.111. The summed E-state index contributed by atoms with van der Waals surface area (Å²) in [6.45, 7) is 0. The van der Waals surface area contributed by atoms with Crippen molar-refractivity contribution in [2.24, 2.45) is 0 Å². The fourth-order valence-corrected chi connectivity index (χ4v) is 3.89. The van der Waals surface area contributed by atoms with Gasteiger partial charge in [0.2, 0.25) is 5.91 Å². The molecular formula is C27H22ClN3O6. The summed E-state index contributed by atoms with van der Waals surface area (Å²) in [5, 5.41) is 5.41. The molecule has 3 aromatic rings. The predicted octanol–water partition coefficient (Wildman–Crippen LogP) is 4.10. The van der Waals surface area contributed by atoms with Crippen molar-refractivity contribution in [3.63, 3.8) is 0 Å². The lowest BCUT2D eigenvalue weighted by Gasteiger charge is -2.16. The standard InChI is InChI=1S/C27H22ClN3O6/c1-36-21-8-4-6-19(15-21)29-22(32)13-16-9-11-18(12-10-16)30-24-23(28)25(33)31(26(24)34)20-7-3-5-17(14-20)27(35)37-2/h3-12,14-15,30H,13H2,1-2H3,(H,29,32). The summed E-state index contributed by atoms with van der Waals surface area (Å²) < 4.78 is 9.85. The molecule has 3 aromatic carbocycles. The number of hydrogen-bond acceptors (Lipinski definition) is 7. The Kier molecular flexibility index (Phi) is 7.55. The number of nitrogens with one attached hydrogen (secondary N) is 2. The Morgan fingerprint density at radius 2 is 1.62 bits per heavy atom. The molecule has 3 amide bonds. The molecule has 0 atom stereocenters. The van der Waals surface area contributed by atoms with Gasteiger partial charge in [-0.15, -0.1) is 0 Å². The number of benzene rings is 3. The van der Waals surface area contributed by atoms with Gasteiger partial charge in [-0.3, -0.25) is 14.4 Å². The van der Waals surface area contributed by atoms with Gasteiger partial charge in [0, 0.05) is 17.4 Å². The Morgan fingerprint density at radius 3 is 2.32 bits per heavy atom. The van der Waals surface area contributed by atoms with Crippen molar-refractivity contribution in [1.29, 1.82) is 0 Å². The van der Waals surface area contributed by atoms with E-state index in [1.807, 2.05) is 0 Å². The molecule has 0 spiro atoms. The number of anilines is 3. The molecule has 0 unspecified atom stereocenters. The number of amides is 3. The smallest absolute Gasteiger partial charge is 0.337 e. The average Bonchev–Trinajstić information content (AvgIpc) is 3.12. The molecule has 0 aliphatic carbocycles. The second kappa shape index (κ2) is 11.0. The first kappa shape index (κ1) is 25.5. The van der Waals surface area contributed by atoms with Crippen LogP contribution in [0.1, 0.15) is 15.9 Å². The highest BCUT2D eigenvalue weighted by atomic mass is 35.5. The Labute approximate surface area is 217 Å². The van der Waals surface area contributed by atoms with Gasteiger partial charge in [-0.2, -0.15) is 0 Å². The van der Waals surface area contributed by atoms with E-state index in [0.29, 0.717) is 17.1 Å². The maximum atomic E-state index is 13.0. The lowest BCUT2D eigenvalue weighted by molar-refractivity contribution is -0.120. The Hall–Kier alpha value is -4.63. The Balaban J connectivity index is 1.43. The molecule has 0 aromatic heterocycles. The van der Waals surface area contributed by atoms with E-state index in [1.165, 1.54) is 31.4 Å². The second-order valence-corrected chi connectivity index (χ2v) is 8.33. The second-order valence-electron chi connectivity index (χ2n) is 7.96. The molecule has 1 aliphatic heterocycles. The monoisotopic (exact) mass is 519 g/mol. The number of halogens is 1. The molecule has 0 bridgehead atoms. The van der Waals surface area contributed by atoms with Crippen molar-refractivity contribution in [1.82, 2.24) is 0 Å². The minimum Gasteiger partial charge on any atom is -0.497 e. The van der Waals surface area contributed by atoms with Gasteiger partial charge < -0.3 is 20.1 Å². The van der Waals surface area contributed by atoms with Crippen LogP contribution in [0.2, 0.25) is 0 Å². The molecule has 0 fully saturated rings. The zero-order chi connectivity index (χ0) is 26.5. The van der Waals surface area contributed by atoms with Crippen molar-refractivity contribution in [3.05, 3.63) is 94.7 Å². The minimum absolute atomic E-state index is 0.0985. The number of hydrogen-bond donors (Lipinski definition) is 2. The normalized spacial score (nSPS) is 13.0.